The normalized spacial score (nSPS) is 11.4. The van der Waals surface area contributed by atoms with Crippen LogP contribution in [0.15, 0.2) is 47.8 Å². The van der Waals surface area contributed by atoms with Crippen molar-refractivity contribution in [3.8, 4) is 0 Å². The van der Waals surface area contributed by atoms with E-state index in [0.29, 0.717) is 13.0 Å². The third-order valence-electron chi connectivity index (χ3n) is 4.46. The maximum Gasteiger partial charge on any atom is 0.414 e. The van der Waals surface area contributed by atoms with Crippen molar-refractivity contribution in [3.05, 3.63) is 52.7 Å². The lowest BCUT2D eigenvalue weighted by atomic mass is 10.1. The summed E-state index contributed by atoms with van der Waals surface area (Å²) >= 11 is 1.56. The number of carboxylic acid groups (broad SMARTS) is 1. The van der Waals surface area contributed by atoms with Crippen molar-refractivity contribution < 1.29 is 24.2 Å². The van der Waals surface area contributed by atoms with E-state index in [1.165, 1.54) is 0 Å². The first-order valence-electron chi connectivity index (χ1n) is 10.3. The molecule has 0 spiro atoms. The van der Waals surface area contributed by atoms with Gasteiger partial charge in [-0.25, -0.2) is 9.59 Å². The van der Waals surface area contributed by atoms with Gasteiger partial charge in [-0.2, -0.15) is 0 Å². The second-order valence-corrected chi connectivity index (χ2v) is 7.99. The topological polar surface area (TPSA) is 108 Å². The number of amides is 3. The molecule has 1 aromatic carbocycles. The Balaban J connectivity index is 1.97. The number of thiophene rings is 1. The summed E-state index contributed by atoms with van der Waals surface area (Å²) in [4.78, 5) is 38.1. The fourth-order valence-electron chi connectivity index (χ4n) is 2.84. The van der Waals surface area contributed by atoms with Crippen LogP contribution in [0.3, 0.4) is 0 Å². The molecule has 1 atom stereocenters. The molecule has 2 rings (SSSR count). The molecule has 0 saturated heterocycles. The number of hydrogen-bond acceptors (Lipinski definition) is 5. The van der Waals surface area contributed by atoms with E-state index in [-0.39, 0.29) is 25.6 Å². The van der Waals surface area contributed by atoms with Crippen LogP contribution in [-0.2, 0) is 16.1 Å². The molecule has 1 aromatic heterocycles. The van der Waals surface area contributed by atoms with Gasteiger partial charge in [-0.05, 0) is 30.0 Å². The Labute approximate surface area is 186 Å². The molecule has 9 heteroatoms. The first-order chi connectivity index (χ1) is 15.0. The minimum atomic E-state index is -0.983. The maximum absolute atomic E-state index is 12.9. The Morgan fingerprint density at radius 1 is 1.16 bits per heavy atom. The van der Waals surface area contributed by atoms with E-state index < -0.39 is 18.1 Å². The number of nitrogens with zero attached hydrogens (tertiary/aromatic N) is 1. The number of anilines is 1. The smallest absolute Gasteiger partial charge is 0.414 e. The van der Waals surface area contributed by atoms with Crippen molar-refractivity contribution >= 4 is 35.1 Å². The Bertz CT molecular complexity index is 814. The van der Waals surface area contributed by atoms with Crippen molar-refractivity contribution in [3.63, 3.8) is 0 Å². The van der Waals surface area contributed by atoms with Crippen LogP contribution in [0.5, 0.6) is 0 Å². The standard InChI is InChI=1S/C22H29N3O5S/c1-2-3-8-17(24-21(28)23-13-12-20(26)27)16-30-22(29)25(15-19-11-7-14-31-19)18-9-5-4-6-10-18/h4-7,9-11,14,17H,2-3,8,12-13,15-16H2,1H3,(H,26,27)(H2,23,24,28). The number of carbonyl (C=O) groups is 3. The zero-order chi connectivity index (χ0) is 22.5. The summed E-state index contributed by atoms with van der Waals surface area (Å²) in [5.41, 5.74) is 0.727. The highest BCUT2D eigenvalue weighted by Gasteiger charge is 2.21. The third kappa shape index (κ3) is 9.08. The summed E-state index contributed by atoms with van der Waals surface area (Å²) in [6.45, 7) is 2.49. The second kappa shape index (κ2) is 13.3. The lowest BCUT2D eigenvalue weighted by Gasteiger charge is -2.24. The predicted octanol–water partition coefficient (Wildman–Crippen LogP) is 4.22. The van der Waals surface area contributed by atoms with Crippen molar-refractivity contribution in [2.24, 2.45) is 0 Å². The Kier molecular flexibility index (Phi) is 10.4. The lowest BCUT2D eigenvalue weighted by Crippen LogP contribution is -2.45. The molecule has 0 aliphatic carbocycles. The number of benzene rings is 1. The van der Waals surface area contributed by atoms with Crippen LogP contribution in [0, 0.1) is 0 Å². The minimum Gasteiger partial charge on any atom is -0.481 e. The first kappa shape index (κ1) is 24.2. The number of para-hydroxylation sites is 1. The largest absolute Gasteiger partial charge is 0.481 e. The molecule has 8 nitrogen and oxygen atoms in total. The molecule has 0 fully saturated rings. The van der Waals surface area contributed by atoms with Crippen LogP contribution in [0.25, 0.3) is 0 Å². The average Bonchev–Trinajstić information content (AvgIpc) is 3.27. The Hall–Kier alpha value is -3.07. The lowest BCUT2D eigenvalue weighted by molar-refractivity contribution is -0.136. The zero-order valence-electron chi connectivity index (χ0n) is 17.6. The van der Waals surface area contributed by atoms with Gasteiger partial charge in [0, 0.05) is 17.1 Å². The molecular formula is C22H29N3O5S. The first-order valence-corrected chi connectivity index (χ1v) is 11.2. The number of aliphatic carboxylic acids is 1. The highest BCUT2D eigenvalue weighted by Crippen LogP contribution is 2.20. The SMILES string of the molecule is CCCCC(COC(=O)N(Cc1cccs1)c1ccccc1)NC(=O)NCCC(=O)O. The number of hydrogen-bond donors (Lipinski definition) is 3. The molecule has 0 saturated carbocycles. The predicted molar refractivity (Wildman–Crippen MR) is 120 cm³/mol. The molecular weight excluding hydrogens is 418 g/mol. The van der Waals surface area contributed by atoms with Gasteiger partial charge in [-0.1, -0.05) is 44.0 Å². The van der Waals surface area contributed by atoms with Gasteiger partial charge in [0.25, 0.3) is 0 Å². The maximum atomic E-state index is 12.9. The second-order valence-electron chi connectivity index (χ2n) is 6.96. The molecule has 3 amide bonds. The molecule has 0 radical (unpaired) electrons. The van der Waals surface area contributed by atoms with Gasteiger partial charge in [0.2, 0.25) is 0 Å². The number of nitrogens with one attached hydrogen (secondary N) is 2. The fraction of sp³-hybridized carbons (Fsp3) is 0.409. The monoisotopic (exact) mass is 447 g/mol. The van der Waals surface area contributed by atoms with E-state index in [1.54, 1.807) is 16.2 Å². The van der Waals surface area contributed by atoms with Gasteiger partial charge in [0.15, 0.2) is 0 Å². The van der Waals surface area contributed by atoms with Crippen molar-refractivity contribution in [1.29, 1.82) is 0 Å². The molecule has 0 aliphatic rings. The fourth-order valence-corrected chi connectivity index (χ4v) is 3.54. The van der Waals surface area contributed by atoms with Gasteiger partial charge < -0.3 is 20.5 Å². The van der Waals surface area contributed by atoms with Crippen molar-refractivity contribution in [2.45, 2.75) is 45.2 Å². The molecule has 3 N–H and O–H groups in total. The summed E-state index contributed by atoms with van der Waals surface area (Å²) in [7, 11) is 0. The molecule has 0 aliphatic heterocycles. The zero-order valence-corrected chi connectivity index (χ0v) is 18.4. The quantitative estimate of drug-likeness (QED) is 0.451. The van der Waals surface area contributed by atoms with Crippen LogP contribution in [0.2, 0.25) is 0 Å². The van der Waals surface area contributed by atoms with Gasteiger partial charge in [-0.3, -0.25) is 9.69 Å². The third-order valence-corrected chi connectivity index (χ3v) is 5.32. The summed E-state index contributed by atoms with van der Waals surface area (Å²) < 4.78 is 5.57. The number of rotatable bonds is 12. The molecule has 0 bridgehead atoms. The summed E-state index contributed by atoms with van der Waals surface area (Å²) in [5, 5.41) is 15.9. The van der Waals surface area contributed by atoms with E-state index in [4.69, 9.17) is 9.84 Å². The van der Waals surface area contributed by atoms with E-state index in [0.717, 1.165) is 23.4 Å². The van der Waals surface area contributed by atoms with Gasteiger partial charge in [0.1, 0.15) is 6.61 Å². The van der Waals surface area contributed by atoms with Crippen molar-refractivity contribution in [2.75, 3.05) is 18.1 Å². The molecule has 1 unspecified atom stereocenters. The van der Waals surface area contributed by atoms with Crippen LogP contribution >= 0.6 is 11.3 Å². The summed E-state index contributed by atoms with van der Waals surface area (Å²) in [5.74, 6) is -0.983. The average molecular weight is 448 g/mol. The van der Waals surface area contributed by atoms with Crippen LogP contribution < -0.4 is 15.5 Å². The van der Waals surface area contributed by atoms with Gasteiger partial charge >= 0.3 is 18.1 Å². The summed E-state index contributed by atoms with van der Waals surface area (Å²) in [6, 6.07) is 12.3. The highest BCUT2D eigenvalue weighted by atomic mass is 32.1. The number of carboxylic acids is 1. The van der Waals surface area contributed by atoms with Crippen LogP contribution in [0.1, 0.15) is 37.5 Å². The van der Waals surface area contributed by atoms with Crippen LogP contribution in [-0.4, -0.2) is 42.4 Å². The Morgan fingerprint density at radius 2 is 1.94 bits per heavy atom. The summed E-state index contributed by atoms with van der Waals surface area (Å²) in [6.07, 6.45) is 1.79. The number of ether oxygens (including phenoxy) is 1. The number of urea groups is 1. The molecule has 168 valence electrons. The number of carbonyl (C=O) groups excluding carboxylic acids is 2. The van der Waals surface area contributed by atoms with E-state index in [2.05, 4.69) is 10.6 Å². The minimum absolute atomic E-state index is 0.0267. The van der Waals surface area contributed by atoms with Gasteiger partial charge in [-0.15, -0.1) is 11.3 Å². The van der Waals surface area contributed by atoms with Gasteiger partial charge in [0.05, 0.1) is 19.0 Å². The van der Waals surface area contributed by atoms with E-state index >= 15 is 0 Å². The highest BCUT2D eigenvalue weighted by molar-refractivity contribution is 7.09. The van der Waals surface area contributed by atoms with E-state index in [1.807, 2.05) is 54.8 Å². The molecule has 1 heterocycles. The van der Waals surface area contributed by atoms with Crippen LogP contribution in [0.4, 0.5) is 15.3 Å². The van der Waals surface area contributed by atoms with E-state index in [9.17, 15) is 14.4 Å². The Morgan fingerprint density at radius 3 is 2.58 bits per heavy atom. The number of unbranched alkanes of at least 4 members (excludes halogenated alkanes) is 1. The molecule has 2 aromatic rings. The van der Waals surface area contributed by atoms with Crippen molar-refractivity contribution in [1.82, 2.24) is 10.6 Å². The molecule has 31 heavy (non-hydrogen) atoms.